The van der Waals surface area contributed by atoms with E-state index in [2.05, 4.69) is 0 Å². The SMILES string of the molecule is C/C=C1/C(=O)N(C)CC12C=C[C-](OC)C=C2. The Balaban J connectivity index is 2.35. The van der Waals surface area contributed by atoms with Gasteiger partial charge in [-0.25, -0.2) is 0 Å². The van der Waals surface area contributed by atoms with Crippen LogP contribution < -0.4 is 0 Å². The molecule has 0 aromatic carbocycles. The van der Waals surface area contributed by atoms with Crippen LogP contribution in [0.15, 0.2) is 36.0 Å². The predicted octanol–water partition coefficient (Wildman–Crippen LogP) is 1.70. The summed E-state index contributed by atoms with van der Waals surface area (Å²) in [6.07, 6.45) is 10.7. The fourth-order valence-corrected chi connectivity index (χ4v) is 2.34. The van der Waals surface area contributed by atoms with Crippen LogP contribution in [0.4, 0.5) is 0 Å². The largest absolute Gasteiger partial charge is 0.410 e. The molecule has 1 heterocycles. The van der Waals surface area contributed by atoms with Crippen LogP contribution in [-0.4, -0.2) is 31.5 Å². The number of allylic oxidation sites excluding steroid dienone is 1. The van der Waals surface area contributed by atoms with E-state index in [0.29, 0.717) is 6.54 Å². The Hall–Kier alpha value is -1.48. The van der Waals surface area contributed by atoms with E-state index in [1.807, 2.05) is 44.4 Å². The zero-order chi connectivity index (χ0) is 11.8. The third kappa shape index (κ3) is 1.48. The molecule has 1 aliphatic heterocycles. The van der Waals surface area contributed by atoms with Crippen LogP contribution in [0.25, 0.3) is 0 Å². The fourth-order valence-electron chi connectivity index (χ4n) is 2.34. The first kappa shape index (κ1) is 11.0. The van der Waals surface area contributed by atoms with Crippen LogP contribution in [0.2, 0.25) is 0 Å². The molecule has 2 aliphatic rings. The lowest BCUT2D eigenvalue weighted by Gasteiger charge is -2.33. The summed E-state index contributed by atoms with van der Waals surface area (Å²) in [5.41, 5.74) is 0.584. The minimum absolute atomic E-state index is 0.109. The van der Waals surface area contributed by atoms with Crippen molar-refractivity contribution in [3.05, 3.63) is 42.1 Å². The standard InChI is InChI=1S/C13H16NO2/c1-4-11-12(15)14(2)9-13(11)7-5-10(16-3)6-8-13/h4-8H,9H2,1-3H3/q-1/b11-4-. The molecular formula is C13H16NO2-. The van der Waals surface area contributed by atoms with E-state index in [4.69, 9.17) is 4.74 Å². The Labute approximate surface area is 96.1 Å². The van der Waals surface area contributed by atoms with E-state index in [9.17, 15) is 4.79 Å². The number of carbonyl (C=O) groups excluding carboxylic acids is 1. The van der Waals surface area contributed by atoms with Crippen molar-refractivity contribution in [2.24, 2.45) is 5.41 Å². The number of ether oxygens (including phenoxy) is 1. The molecule has 0 saturated carbocycles. The smallest absolute Gasteiger partial charge is 0.248 e. The van der Waals surface area contributed by atoms with Gasteiger partial charge >= 0.3 is 0 Å². The van der Waals surface area contributed by atoms with E-state index >= 15 is 0 Å². The molecule has 2 rings (SSSR count). The monoisotopic (exact) mass is 218 g/mol. The summed E-state index contributed by atoms with van der Waals surface area (Å²) >= 11 is 0. The minimum Gasteiger partial charge on any atom is -0.410 e. The quantitative estimate of drug-likeness (QED) is 0.495. The topological polar surface area (TPSA) is 29.5 Å². The summed E-state index contributed by atoms with van der Waals surface area (Å²) in [6, 6.07) is 0. The molecule has 0 N–H and O–H groups in total. The van der Waals surface area contributed by atoms with Crippen molar-refractivity contribution < 1.29 is 9.53 Å². The van der Waals surface area contributed by atoms with Crippen molar-refractivity contribution in [1.29, 1.82) is 0 Å². The Kier molecular flexibility index (Phi) is 2.64. The fraction of sp³-hybridized carbons (Fsp3) is 0.385. The predicted molar refractivity (Wildman–Crippen MR) is 62.4 cm³/mol. The maximum atomic E-state index is 11.9. The van der Waals surface area contributed by atoms with Gasteiger partial charge in [0.2, 0.25) is 5.91 Å². The minimum atomic E-state index is -0.261. The van der Waals surface area contributed by atoms with Gasteiger partial charge in [-0.1, -0.05) is 6.08 Å². The molecule has 3 nitrogen and oxygen atoms in total. The van der Waals surface area contributed by atoms with Crippen LogP contribution >= 0.6 is 0 Å². The molecule has 3 heteroatoms. The summed E-state index contributed by atoms with van der Waals surface area (Å²) in [5.74, 6) is 0.109. The Morgan fingerprint density at radius 3 is 2.62 bits per heavy atom. The van der Waals surface area contributed by atoms with Crippen LogP contribution in [-0.2, 0) is 9.53 Å². The summed E-state index contributed by atoms with van der Waals surface area (Å²) in [4.78, 5) is 13.7. The first-order valence-electron chi connectivity index (χ1n) is 5.34. The van der Waals surface area contributed by atoms with Gasteiger partial charge in [0.25, 0.3) is 0 Å². The van der Waals surface area contributed by atoms with Crippen LogP contribution in [0.5, 0.6) is 0 Å². The molecule has 0 bridgehead atoms. The second-order valence-corrected chi connectivity index (χ2v) is 4.18. The van der Waals surface area contributed by atoms with E-state index in [1.54, 1.807) is 12.0 Å². The maximum Gasteiger partial charge on any atom is 0.248 e. The second-order valence-electron chi connectivity index (χ2n) is 4.18. The zero-order valence-corrected chi connectivity index (χ0v) is 9.86. The Bertz CT molecular complexity index is 379. The van der Waals surface area contributed by atoms with Gasteiger partial charge in [-0.3, -0.25) is 4.79 Å². The van der Waals surface area contributed by atoms with Gasteiger partial charge in [-0.05, 0) is 18.4 Å². The summed E-state index contributed by atoms with van der Waals surface area (Å²) in [5, 5.41) is 0. The van der Waals surface area contributed by atoms with Crippen LogP contribution in [0.3, 0.4) is 0 Å². The molecule has 1 aliphatic carbocycles. The Morgan fingerprint density at radius 1 is 1.50 bits per heavy atom. The van der Waals surface area contributed by atoms with E-state index < -0.39 is 0 Å². The molecule has 1 spiro atoms. The number of rotatable bonds is 1. The Morgan fingerprint density at radius 2 is 2.12 bits per heavy atom. The third-order valence-corrected chi connectivity index (χ3v) is 3.19. The van der Waals surface area contributed by atoms with Crippen molar-refractivity contribution in [3.63, 3.8) is 0 Å². The number of likely N-dealkylation sites (tertiary alicyclic amines) is 1. The van der Waals surface area contributed by atoms with Crippen LogP contribution in [0, 0.1) is 11.5 Å². The number of hydrogen-bond acceptors (Lipinski definition) is 2. The second kappa shape index (κ2) is 3.83. The highest BCUT2D eigenvalue weighted by Crippen LogP contribution is 2.41. The highest BCUT2D eigenvalue weighted by molar-refractivity contribution is 5.98. The molecule has 16 heavy (non-hydrogen) atoms. The van der Waals surface area contributed by atoms with E-state index in [0.717, 1.165) is 11.7 Å². The lowest BCUT2D eigenvalue weighted by Crippen LogP contribution is -2.24. The lowest BCUT2D eigenvalue weighted by molar-refractivity contribution is -0.123. The number of carbonyl (C=O) groups is 1. The van der Waals surface area contributed by atoms with Crippen molar-refractivity contribution >= 4 is 5.91 Å². The molecule has 0 radical (unpaired) electrons. The lowest BCUT2D eigenvalue weighted by atomic mass is 9.79. The van der Waals surface area contributed by atoms with Gasteiger partial charge in [0.1, 0.15) is 0 Å². The maximum absolute atomic E-state index is 11.9. The molecule has 0 unspecified atom stereocenters. The normalized spacial score (nSPS) is 25.2. The summed E-state index contributed by atoms with van der Waals surface area (Å²) in [6.45, 7) is 2.61. The van der Waals surface area contributed by atoms with Gasteiger partial charge in [0, 0.05) is 26.3 Å². The molecule has 1 saturated heterocycles. The molecule has 1 fully saturated rings. The number of methoxy groups -OCH3 is 1. The number of nitrogens with zero attached hydrogens (tertiary/aromatic N) is 1. The highest BCUT2D eigenvalue weighted by atomic mass is 16.5. The van der Waals surface area contributed by atoms with Gasteiger partial charge in [0.15, 0.2) is 0 Å². The van der Waals surface area contributed by atoms with E-state index in [1.165, 1.54) is 0 Å². The van der Waals surface area contributed by atoms with Gasteiger partial charge in [-0.2, -0.15) is 12.2 Å². The van der Waals surface area contributed by atoms with Crippen molar-refractivity contribution in [3.8, 4) is 0 Å². The third-order valence-electron chi connectivity index (χ3n) is 3.19. The number of likely N-dealkylation sites (N-methyl/N-ethyl adjacent to an activating group) is 1. The average molecular weight is 218 g/mol. The molecule has 86 valence electrons. The van der Waals surface area contributed by atoms with Crippen LogP contribution in [0.1, 0.15) is 6.92 Å². The summed E-state index contributed by atoms with van der Waals surface area (Å²) in [7, 11) is 3.47. The molecular weight excluding hydrogens is 202 g/mol. The zero-order valence-electron chi connectivity index (χ0n) is 9.86. The molecule has 0 aromatic heterocycles. The highest BCUT2D eigenvalue weighted by Gasteiger charge is 2.38. The van der Waals surface area contributed by atoms with Gasteiger partial charge < -0.3 is 9.64 Å². The molecule has 1 amide bonds. The molecule has 0 aromatic rings. The molecule has 0 atom stereocenters. The number of amides is 1. The number of hydrogen-bond donors (Lipinski definition) is 0. The van der Waals surface area contributed by atoms with Crippen molar-refractivity contribution in [2.45, 2.75) is 6.92 Å². The first-order chi connectivity index (χ1) is 7.63. The van der Waals surface area contributed by atoms with Crippen molar-refractivity contribution in [1.82, 2.24) is 4.90 Å². The van der Waals surface area contributed by atoms with E-state index in [-0.39, 0.29) is 11.3 Å². The average Bonchev–Trinajstić information content (AvgIpc) is 2.52. The summed E-state index contributed by atoms with van der Waals surface area (Å²) < 4.78 is 5.14. The first-order valence-corrected chi connectivity index (χ1v) is 5.34. The van der Waals surface area contributed by atoms with Crippen molar-refractivity contribution in [2.75, 3.05) is 20.7 Å². The van der Waals surface area contributed by atoms with Gasteiger partial charge in [-0.15, -0.1) is 12.2 Å². The van der Waals surface area contributed by atoms with Gasteiger partial charge in [0.05, 0.1) is 0 Å².